The van der Waals surface area contributed by atoms with E-state index in [0.717, 1.165) is 6.42 Å². The summed E-state index contributed by atoms with van der Waals surface area (Å²) in [5.74, 6) is 0. The fraction of sp³-hybridized carbons (Fsp3) is 0.333. The average Bonchev–Trinajstić information content (AvgIpc) is 2.55. The summed E-state index contributed by atoms with van der Waals surface area (Å²) in [6.07, 6.45) is 0.830. The maximum atomic E-state index is 11.5. The first-order chi connectivity index (χ1) is 7.15. The van der Waals surface area contributed by atoms with E-state index in [4.69, 9.17) is 5.73 Å². The third-order valence-electron chi connectivity index (χ3n) is 2.23. The number of nitrogens with zero attached hydrogens (tertiary/aromatic N) is 1. The molecule has 0 unspecified atom stereocenters. The van der Waals surface area contributed by atoms with Crippen LogP contribution in [-0.4, -0.2) is 9.55 Å². The van der Waals surface area contributed by atoms with Crippen LogP contribution in [0.4, 0.5) is 5.00 Å². The van der Waals surface area contributed by atoms with Crippen molar-refractivity contribution in [1.29, 1.82) is 0 Å². The highest BCUT2D eigenvalue weighted by Crippen LogP contribution is 2.23. The molecule has 0 radical (unpaired) electrons. The van der Waals surface area contributed by atoms with Crippen molar-refractivity contribution >= 4 is 27.2 Å². The molecule has 80 valence electrons. The van der Waals surface area contributed by atoms with Crippen LogP contribution in [0.3, 0.4) is 0 Å². The standard InChI is InChI=1S/C9H11N3O2S/c1-2-3-12-5-4-15-7(10)6(5)8(13)11-9(12)14/h4H,2-3,10H2,1H3,(H,11,13,14). The predicted molar refractivity (Wildman–Crippen MR) is 61.4 cm³/mol. The van der Waals surface area contributed by atoms with Crippen molar-refractivity contribution < 1.29 is 0 Å². The lowest BCUT2D eigenvalue weighted by atomic mass is 10.3. The van der Waals surface area contributed by atoms with Gasteiger partial charge in [0.1, 0.15) is 5.00 Å². The first-order valence-electron chi connectivity index (χ1n) is 4.65. The van der Waals surface area contributed by atoms with Gasteiger partial charge in [-0.05, 0) is 6.42 Å². The number of thiophene rings is 1. The molecule has 0 aliphatic carbocycles. The molecule has 0 aromatic carbocycles. The molecular weight excluding hydrogens is 214 g/mol. The number of H-pyrrole nitrogens is 1. The van der Waals surface area contributed by atoms with Gasteiger partial charge in [-0.1, -0.05) is 6.92 Å². The first kappa shape index (κ1) is 9.97. The van der Waals surface area contributed by atoms with Crippen molar-refractivity contribution in [2.75, 3.05) is 5.73 Å². The highest BCUT2D eigenvalue weighted by molar-refractivity contribution is 7.15. The number of aromatic nitrogens is 2. The maximum Gasteiger partial charge on any atom is 0.328 e. The van der Waals surface area contributed by atoms with Gasteiger partial charge in [0.2, 0.25) is 0 Å². The Morgan fingerprint density at radius 1 is 1.53 bits per heavy atom. The van der Waals surface area contributed by atoms with E-state index in [1.807, 2.05) is 6.92 Å². The summed E-state index contributed by atoms with van der Waals surface area (Å²) in [7, 11) is 0. The Labute approximate surface area is 89.2 Å². The predicted octanol–water partition coefficient (Wildman–Crippen LogP) is 0.743. The molecule has 0 amide bonds. The van der Waals surface area contributed by atoms with Crippen molar-refractivity contribution in [3.8, 4) is 0 Å². The summed E-state index contributed by atoms with van der Waals surface area (Å²) in [5, 5.41) is 2.63. The van der Waals surface area contributed by atoms with Crippen LogP contribution >= 0.6 is 11.3 Å². The zero-order chi connectivity index (χ0) is 11.0. The van der Waals surface area contributed by atoms with Gasteiger partial charge < -0.3 is 5.73 Å². The van der Waals surface area contributed by atoms with Gasteiger partial charge in [0.05, 0.1) is 10.9 Å². The smallest absolute Gasteiger partial charge is 0.328 e. The van der Waals surface area contributed by atoms with E-state index in [2.05, 4.69) is 4.98 Å². The van der Waals surface area contributed by atoms with Crippen molar-refractivity contribution in [3.63, 3.8) is 0 Å². The molecule has 2 aromatic heterocycles. The molecule has 5 nitrogen and oxygen atoms in total. The van der Waals surface area contributed by atoms with Gasteiger partial charge in [-0.15, -0.1) is 11.3 Å². The SMILES string of the molecule is CCCn1c(=O)[nH]c(=O)c2c(N)scc21. The Bertz CT molecular complexity index is 608. The highest BCUT2D eigenvalue weighted by Gasteiger charge is 2.10. The first-order valence-corrected chi connectivity index (χ1v) is 5.53. The largest absolute Gasteiger partial charge is 0.390 e. The van der Waals surface area contributed by atoms with Gasteiger partial charge in [0, 0.05) is 11.9 Å². The number of nitrogen functional groups attached to an aromatic ring is 1. The van der Waals surface area contributed by atoms with Crippen LogP contribution in [0.25, 0.3) is 10.9 Å². The Morgan fingerprint density at radius 3 is 2.93 bits per heavy atom. The van der Waals surface area contributed by atoms with Crippen LogP contribution in [0, 0.1) is 0 Å². The van der Waals surface area contributed by atoms with Crippen molar-refractivity contribution in [2.45, 2.75) is 19.9 Å². The number of nitrogens with two attached hydrogens (primary N) is 1. The van der Waals surface area contributed by atoms with E-state index in [-0.39, 0.29) is 5.69 Å². The van der Waals surface area contributed by atoms with Gasteiger partial charge in [-0.2, -0.15) is 0 Å². The van der Waals surface area contributed by atoms with Gasteiger partial charge >= 0.3 is 5.69 Å². The fourth-order valence-corrected chi connectivity index (χ4v) is 2.37. The Hall–Kier alpha value is -1.56. The van der Waals surface area contributed by atoms with Gasteiger partial charge in [0.25, 0.3) is 5.56 Å². The molecule has 2 heterocycles. The number of nitrogens with one attached hydrogen (secondary N) is 1. The van der Waals surface area contributed by atoms with E-state index in [9.17, 15) is 9.59 Å². The molecule has 0 saturated carbocycles. The number of aryl methyl sites for hydroxylation is 1. The van der Waals surface area contributed by atoms with Crippen LogP contribution < -0.4 is 17.0 Å². The number of hydrogen-bond acceptors (Lipinski definition) is 4. The van der Waals surface area contributed by atoms with Crippen molar-refractivity contribution in [2.24, 2.45) is 0 Å². The molecule has 6 heteroatoms. The molecule has 0 bridgehead atoms. The van der Waals surface area contributed by atoms with Crippen molar-refractivity contribution in [1.82, 2.24) is 9.55 Å². The number of fused-ring (bicyclic) bond motifs is 1. The third kappa shape index (κ3) is 1.46. The molecule has 0 fully saturated rings. The number of rotatable bonds is 2. The molecule has 15 heavy (non-hydrogen) atoms. The third-order valence-corrected chi connectivity index (χ3v) is 3.03. The Kier molecular flexibility index (Phi) is 2.36. The molecule has 2 aromatic rings. The summed E-state index contributed by atoms with van der Waals surface area (Å²) in [6.45, 7) is 2.56. The van der Waals surface area contributed by atoms with Crippen LogP contribution in [0.5, 0.6) is 0 Å². The highest BCUT2D eigenvalue weighted by atomic mass is 32.1. The fourth-order valence-electron chi connectivity index (χ4n) is 1.57. The van der Waals surface area contributed by atoms with Crippen molar-refractivity contribution in [3.05, 3.63) is 26.2 Å². The van der Waals surface area contributed by atoms with E-state index in [1.165, 1.54) is 11.3 Å². The summed E-state index contributed by atoms with van der Waals surface area (Å²) in [6, 6.07) is 0. The maximum absolute atomic E-state index is 11.5. The lowest BCUT2D eigenvalue weighted by Crippen LogP contribution is -2.29. The quantitative estimate of drug-likeness (QED) is 0.791. The second kappa shape index (κ2) is 3.54. The van der Waals surface area contributed by atoms with Crippen LogP contribution in [0.15, 0.2) is 15.0 Å². The molecule has 0 spiro atoms. The van der Waals surface area contributed by atoms with E-state index in [1.54, 1.807) is 9.95 Å². The molecular formula is C9H11N3O2S. The lowest BCUT2D eigenvalue weighted by Gasteiger charge is -2.04. The Balaban J connectivity index is 2.91. The molecule has 0 atom stereocenters. The topological polar surface area (TPSA) is 80.9 Å². The molecule has 2 rings (SSSR count). The van der Waals surface area contributed by atoms with E-state index in [0.29, 0.717) is 22.4 Å². The summed E-state index contributed by atoms with van der Waals surface area (Å²) in [4.78, 5) is 25.3. The second-order valence-corrected chi connectivity index (χ2v) is 4.18. The van der Waals surface area contributed by atoms with Crippen LogP contribution in [0.2, 0.25) is 0 Å². The van der Waals surface area contributed by atoms with E-state index >= 15 is 0 Å². The summed E-state index contributed by atoms with van der Waals surface area (Å²) >= 11 is 1.28. The summed E-state index contributed by atoms with van der Waals surface area (Å²) in [5.41, 5.74) is 5.54. The average molecular weight is 225 g/mol. The molecule has 0 aliphatic heterocycles. The van der Waals surface area contributed by atoms with Gasteiger partial charge in [0.15, 0.2) is 0 Å². The van der Waals surface area contributed by atoms with Crippen LogP contribution in [-0.2, 0) is 6.54 Å². The normalized spacial score (nSPS) is 11.0. The molecule has 0 saturated heterocycles. The molecule has 3 N–H and O–H groups in total. The minimum Gasteiger partial charge on any atom is -0.390 e. The molecule has 0 aliphatic rings. The minimum absolute atomic E-state index is 0.368. The zero-order valence-electron chi connectivity index (χ0n) is 8.24. The van der Waals surface area contributed by atoms with E-state index < -0.39 is 5.56 Å². The number of anilines is 1. The number of aromatic amines is 1. The monoisotopic (exact) mass is 225 g/mol. The lowest BCUT2D eigenvalue weighted by molar-refractivity contribution is 0.658. The second-order valence-electron chi connectivity index (χ2n) is 3.27. The summed E-state index contributed by atoms with van der Waals surface area (Å²) < 4.78 is 1.55. The van der Waals surface area contributed by atoms with Gasteiger partial charge in [-0.3, -0.25) is 14.3 Å². The number of hydrogen-bond donors (Lipinski definition) is 2. The zero-order valence-corrected chi connectivity index (χ0v) is 9.06. The Morgan fingerprint density at radius 2 is 2.27 bits per heavy atom. The van der Waals surface area contributed by atoms with Gasteiger partial charge in [-0.25, -0.2) is 4.79 Å². The van der Waals surface area contributed by atoms with Crippen LogP contribution in [0.1, 0.15) is 13.3 Å². The minimum atomic E-state index is -0.402.